The van der Waals surface area contributed by atoms with Crippen LogP contribution in [0.1, 0.15) is 0 Å². The van der Waals surface area contributed by atoms with Gasteiger partial charge in [0.15, 0.2) is 0 Å². The van der Waals surface area contributed by atoms with Crippen LogP contribution in [0.15, 0.2) is 6.33 Å². The van der Waals surface area contributed by atoms with Gasteiger partial charge in [-0.25, -0.2) is 0 Å². The van der Waals surface area contributed by atoms with Crippen LogP contribution >= 0.6 is 34.2 Å². The van der Waals surface area contributed by atoms with Crippen LogP contribution < -0.4 is 4.48 Å². The monoisotopic (exact) mass is 316 g/mol. The first-order valence-electron chi connectivity index (χ1n) is 2.13. The summed E-state index contributed by atoms with van der Waals surface area (Å²) in [5, 5.41) is 0.546. The van der Waals surface area contributed by atoms with Crippen molar-refractivity contribution in [1.29, 1.82) is 0 Å². The SMILES string of the molecule is Clc1ncnc([AsH2])c1I. The molecule has 1 heterocycles. The van der Waals surface area contributed by atoms with Crippen LogP contribution in [0.5, 0.6) is 0 Å². The first-order chi connectivity index (χ1) is 4.22. The molecule has 0 amide bonds. The Morgan fingerprint density at radius 2 is 2.22 bits per heavy atom. The summed E-state index contributed by atoms with van der Waals surface area (Å²) in [4.78, 5) is 7.76. The second-order valence-corrected chi connectivity index (χ2v) is 3.95. The van der Waals surface area contributed by atoms with E-state index in [2.05, 4.69) is 32.6 Å². The summed E-state index contributed by atoms with van der Waals surface area (Å²) >= 11 is 9.26. The molecule has 5 heteroatoms. The molecular weight excluding hydrogens is 313 g/mol. The Hall–Kier alpha value is 0.658. The number of hydrogen-bond acceptors (Lipinski definition) is 2. The third kappa shape index (κ3) is 1.79. The molecule has 0 bridgehead atoms. The van der Waals surface area contributed by atoms with Gasteiger partial charge in [0.1, 0.15) is 0 Å². The summed E-state index contributed by atoms with van der Waals surface area (Å²) in [5.41, 5.74) is 0. The molecular formula is C4H3AsClIN2. The number of aromatic nitrogens is 2. The van der Waals surface area contributed by atoms with E-state index >= 15 is 0 Å². The molecule has 0 saturated carbocycles. The van der Waals surface area contributed by atoms with Gasteiger partial charge in [-0.1, -0.05) is 0 Å². The van der Waals surface area contributed by atoms with Gasteiger partial charge in [0.2, 0.25) is 0 Å². The van der Waals surface area contributed by atoms with Crippen LogP contribution in [0.25, 0.3) is 0 Å². The topological polar surface area (TPSA) is 25.8 Å². The quantitative estimate of drug-likeness (QED) is 0.382. The second-order valence-electron chi connectivity index (χ2n) is 1.36. The van der Waals surface area contributed by atoms with E-state index in [0.29, 0.717) is 5.15 Å². The minimum atomic E-state index is 0.546. The second kappa shape index (κ2) is 3.17. The minimum absolute atomic E-state index is 0.546. The Morgan fingerprint density at radius 3 is 2.67 bits per heavy atom. The molecule has 0 aliphatic heterocycles. The molecule has 1 rings (SSSR count). The Balaban J connectivity index is 3.25. The Morgan fingerprint density at radius 1 is 1.56 bits per heavy atom. The van der Waals surface area contributed by atoms with Crippen LogP contribution in [-0.2, 0) is 0 Å². The van der Waals surface area contributed by atoms with E-state index < -0.39 is 0 Å². The maximum absolute atomic E-state index is 5.67. The summed E-state index contributed by atoms with van der Waals surface area (Å²) in [6.07, 6.45) is 1.47. The van der Waals surface area contributed by atoms with Gasteiger partial charge in [0, 0.05) is 0 Å². The number of nitrogens with zero attached hydrogens (tertiary/aromatic N) is 2. The normalized spacial score (nSPS) is 9.67. The fourth-order valence-corrected chi connectivity index (χ4v) is 1.40. The molecule has 1 unspecified atom stereocenters. The van der Waals surface area contributed by atoms with Crippen molar-refractivity contribution in [2.45, 2.75) is 0 Å². The Kier molecular flexibility index (Phi) is 2.73. The van der Waals surface area contributed by atoms with Crippen molar-refractivity contribution in [2.24, 2.45) is 0 Å². The van der Waals surface area contributed by atoms with E-state index in [0.717, 1.165) is 8.05 Å². The van der Waals surface area contributed by atoms with Crippen molar-refractivity contribution in [3.8, 4) is 0 Å². The molecule has 0 aliphatic carbocycles. The number of rotatable bonds is 0. The first-order valence-corrected chi connectivity index (χ1v) is 4.80. The van der Waals surface area contributed by atoms with Gasteiger partial charge in [-0.3, -0.25) is 0 Å². The van der Waals surface area contributed by atoms with E-state index in [1.807, 2.05) is 0 Å². The zero-order valence-corrected chi connectivity index (χ0v) is 9.64. The van der Waals surface area contributed by atoms with Crippen molar-refractivity contribution in [2.75, 3.05) is 0 Å². The Bertz CT molecular complexity index is 210. The molecule has 0 N–H and O–H groups in total. The maximum atomic E-state index is 5.67. The summed E-state index contributed by atoms with van der Waals surface area (Å²) in [6, 6.07) is 0. The summed E-state index contributed by atoms with van der Waals surface area (Å²) in [6.45, 7) is 0. The number of halogens is 2. The molecule has 9 heavy (non-hydrogen) atoms. The zero-order valence-electron chi connectivity index (χ0n) is 4.31. The van der Waals surface area contributed by atoms with E-state index in [4.69, 9.17) is 11.6 Å². The van der Waals surface area contributed by atoms with E-state index in [-0.39, 0.29) is 0 Å². The fourth-order valence-electron chi connectivity index (χ4n) is 0.361. The van der Waals surface area contributed by atoms with Gasteiger partial charge in [-0.2, -0.15) is 0 Å². The Labute approximate surface area is 80.1 Å². The van der Waals surface area contributed by atoms with Crippen LogP contribution in [-0.4, -0.2) is 26.8 Å². The van der Waals surface area contributed by atoms with Crippen LogP contribution in [0.3, 0.4) is 0 Å². The molecule has 2 nitrogen and oxygen atoms in total. The van der Waals surface area contributed by atoms with Crippen LogP contribution in [0.2, 0.25) is 5.15 Å². The number of hydrogen-bond donors (Lipinski definition) is 0. The molecule has 0 aliphatic rings. The van der Waals surface area contributed by atoms with E-state index in [1.54, 1.807) is 0 Å². The van der Waals surface area contributed by atoms with E-state index in [9.17, 15) is 0 Å². The van der Waals surface area contributed by atoms with Crippen molar-refractivity contribution in [3.05, 3.63) is 15.1 Å². The molecule has 0 radical (unpaired) electrons. The fraction of sp³-hybridized carbons (Fsp3) is 0. The predicted molar refractivity (Wildman–Crippen MR) is 47.9 cm³/mol. The van der Waals surface area contributed by atoms with Crippen LogP contribution in [0.4, 0.5) is 0 Å². The average molecular weight is 316 g/mol. The first kappa shape index (κ1) is 7.76. The third-order valence-corrected chi connectivity index (χ3v) is 4.59. The summed E-state index contributed by atoms with van der Waals surface area (Å²) in [5.74, 6) is 0. The third-order valence-electron chi connectivity index (χ3n) is 0.774. The molecule has 0 fully saturated rings. The average Bonchev–Trinajstić information content (AvgIpc) is 1.83. The van der Waals surface area contributed by atoms with Gasteiger partial charge in [0.05, 0.1) is 0 Å². The van der Waals surface area contributed by atoms with Gasteiger partial charge < -0.3 is 0 Å². The standard InChI is InChI=1S/C4H3AsClIN2/c5-3-2(7)4(6)9-1-8-3/h1H,5H2. The van der Waals surface area contributed by atoms with Gasteiger partial charge in [-0.05, 0) is 0 Å². The predicted octanol–water partition coefficient (Wildman–Crippen LogP) is -0.00700. The zero-order chi connectivity index (χ0) is 6.85. The molecule has 0 saturated heterocycles. The molecule has 1 aromatic heterocycles. The van der Waals surface area contributed by atoms with Gasteiger partial charge in [0.25, 0.3) is 0 Å². The van der Waals surface area contributed by atoms with Crippen LogP contribution in [0, 0.1) is 3.57 Å². The van der Waals surface area contributed by atoms with Gasteiger partial charge in [-0.15, -0.1) is 0 Å². The molecule has 1 atom stereocenters. The molecule has 1 aromatic rings. The molecule has 0 spiro atoms. The van der Waals surface area contributed by atoms with Crippen molar-refractivity contribution < 1.29 is 0 Å². The molecule has 0 aromatic carbocycles. The van der Waals surface area contributed by atoms with Gasteiger partial charge >= 0.3 is 80.5 Å². The molecule has 48 valence electrons. The van der Waals surface area contributed by atoms with Crippen molar-refractivity contribution in [3.63, 3.8) is 0 Å². The van der Waals surface area contributed by atoms with Crippen molar-refractivity contribution >= 4 is 55.5 Å². The summed E-state index contributed by atoms with van der Waals surface area (Å²) < 4.78 is 1.94. The van der Waals surface area contributed by atoms with E-state index in [1.165, 1.54) is 23.2 Å². The van der Waals surface area contributed by atoms with Crippen molar-refractivity contribution in [1.82, 2.24) is 9.97 Å². The summed E-state index contributed by atoms with van der Waals surface area (Å²) in [7, 11) is 0.